The number of halogens is 1. The fraction of sp³-hybridized carbons (Fsp3) is 0.0455. The third kappa shape index (κ3) is 3.74. The minimum absolute atomic E-state index is 0.0430. The molecule has 0 saturated heterocycles. The molecular weight excluding hydrogens is 409 g/mol. The van der Waals surface area contributed by atoms with E-state index in [2.05, 4.69) is 5.32 Å². The van der Waals surface area contributed by atoms with Gasteiger partial charge in [0.1, 0.15) is 5.56 Å². The van der Waals surface area contributed by atoms with Crippen LogP contribution >= 0.6 is 22.7 Å². The van der Waals surface area contributed by atoms with Gasteiger partial charge in [0.05, 0.1) is 7.11 Å². The number of hydrogen-bond acceptors (Lipinski definition) is 5. The lowest BCUT2D eigenvalue weighted by Crippen LogP contribution is -2.17. The molecule has 0 unspecified atom stereocenters. The summed E-state index contributed by atoms with van der Waals surface area (Å²) in [6.07, 6.45) is 1.62. The summed E-state index contributed by atoms with van der Waals surface area (Å²) in [6, 6.07) is 16.3. The molecule has 4 aromatic rings. The number of carbonyl (C=O) groups excluding carboxylic acids is 1. The number of rotatable bonds is 5. The van der Waals surface area contributed by atoms with Gasteiger partial charge >= 0.3 is 0 Å². The van der Waals surface area contributed by atoms with Crippen molar-refractivity contribution in [2.45, 2.75) is 0 Å². The Morgan fingerprint density at radius 1 is 1.17 bits per heavy atom. The van der Waals surface area contributed by atoms with Gasteiger partial charge < -0.3 is 15.2 Å². The van der Waals surface area contributed by atoms with E-state index in [1.54, 1.807) is 17.5 Å². The number of nitrogens with one attached hydrogen (secondary N) is 1. The van der Waals surface area contributed by atoms with Crippen LogP contribution in [0, 0.1) is 5.82 Å². The molecule has 146 valence electrons. The maximum absolute atomic E-state index is 14.1. The van der Waals surface area contributed by atoms with Crippen LogP contribution in [-0.2, 0) is 0 Å². The summed E-state index contributed by atoms with van der Waals surface area (Å²) in [4.78, 5) is 13.8. The highest BCUT2D eigenvalue weighted by Crippen LogP contribution is 2.39. The Hall–Kier alpha value is -3.16. The van der Waals surface area contributed by atoms with Gasteiger partial charge in [0.15, 0.2) is 16.6 Å². The average Bonchev–Trinajstić information content (AvgIpc) is 3.35. The molecule has 2 aromatic heterocycles. The van der Waals surface area contributed by atoms with E-state index in [1.807, 2.05) is 47.8 Å². The van der Waals surface area contributed by atoms with Crippen LogP contribution in [0.2, 0.25) is 0 Å². The summed E-state index contributed by atoms with van der Waals surface area (Å²) in [5.74, 6) is -1.04. The van der Waals surface area contributed by atoms with Gasteiger partial charge in [-0.3, -0.25) is 4.79 Å². The van der Waals surface area contributed by atoms with Crippen molar-refractivity contribution in [2.24, 2.45) is 0 Å². The van der Waals surface area contributed by atoms with Crippen LogP contribution in [0.5, 0.6) is 10.8 Å². The molecule has 0 atom stereocenters. The van der Waals surface area contributed by atoms with Crippen molar-refractivity contribution < 1.29 is 19.0 Å². The lowest BCUT2D eigenvalue weighted by atomic mass is 10.1. The fourth-order valence-electron chi connectivity index (χ4n) is 3.02. The lowest BCUT2D eigenvalue weighted by Gasteiger charge is -2.07. The van der Waals surface area contributed by atoms with Crippen molar-refractivity contribution in [2.75, 3.05) is 7.11 Å². The largest absolute Gasteiger partial charge is 0.499 e. The quantitative estimate of drug-likeness (QED) is 0.435. The van der Waals surface area contributed by atoms with E-state index in [0.29, 0.717) is 10.1 Å². The van der Waals surface area contributed by atoms with Crippen LogP contribution < -0.4 is 10.1 Å². The molecular formula is C22H16FNO3S2. The van der Waals surface area contributed by atoms with Gasteiger partial charge in [-0.2, -0.15) is 0 Å². The van der Waals surface area contributed by atoms with Crippen LogP contribution in [0.4, 0.5) is 4.39 Å². The van der Waals surface area contributed by atoms with Crippen molar-refractivity contribution in [1.29, 1.82) is 0 Å². The molecule has 2 heterocycles. The maximum Gasteiger partial charge on any atom is 0.260 e. The van der Waals surface area contributed by atoms with Crippen LogP contribution in [-0.4, -0.2) is 18.1 Å². The SMILES string of the molecule is COc1cc2sc(O)c(C(=O)NC=C(c3ccccc3)c3cccs3)c2cc1F. The van der Waals surface area contributed by atoms with Crippen molar-refractivity contribution >= 4 is 44.2 Å². The van der Waals surface area contributed by atoms with Crippen molar-refractivity contribution in [3.05, 3.63) is 88.0 Å². The third-order valence-corrected chi connectivity index (χ3v) is 6.25. The molecule has 4 nitrogen and oxygen atoms in total. The Bertz CT molecular complexity index is 1200. The molecule has 0 radical (unpaired) electrons. The molecule has 0 aliphatic heterocycles. The summed E-state index contributed by atoms with van der Waals surface area (Å²) in [6.45, 7) is 0. The monoisotopic (exact) mass is 425 g/mol. The van der Waals surface area contributed by atoms with Gasteiger partial charge in [0.2, 0.25) is 0 Å². The first kappa shape index (κ1) is 19.2. The molecule has 2 aromatic carbocycles. The zero-order chi connectivity index (χ0) is 20.4. The standard InChI is InChI=1S/C22H16FNO3S2/c1-27-17-11-19-14(10-16(17)23)20(22(26)29-19)21(25)24-12-15(18-8-5-9-28-18)13-6-3-2-4-7-13/h2-12,26H,1H3,(H,24,25). The molecule has 4 rings (SSSR count). The second kappa shape index (κ2) is 8.06. The normalized spacial score (nSPS) is 11.6. The summed E-state index contributed by atoms with van der Waals surface area (Å²) in [7, 11) is 1.37. The van der Waals surface area contributed by atoms with E-state index in [-0.39, 0.29) is 16.4 Å². The smallest absolute Gasteiger partial charge is 0.260 e. The van der Waals surface area contributed by atoms with Gasteiger partial charge in [-0.05, 0) is 23.1 Å². The highest BCUT2D eigenvalue weighted by Gasteiger charge is 2.21. The first-order chi connectivity index (χ1) is 14.1. The summed E-state index contributed by atoms with van der Waals surface area (Å²) in [5, 5.41) is 15.2. The number of carbonyl (C=O) groups is 1. The second-order valence-electron chi connectivity index (χ2n) is 6.14. The number of fused-ring (bicyclic) bond motifs is 1. The zero-order valence-corrected chi connectivity index (χ0v) is 16.9. The number of ether oxygens (including phenoxy) is 1. The Morgan fingerprint density at radius 3 is 2.66 bits per heavy atom. The number of benzene rings is 2. The predicted octanol–water partition coefficient (Wildman–Crippen LogP) is 5.64. The first-order valence-corrected chi connectivity index (χ1v) is 10.4. The highest BCUT2D eigenvalue weighted by atomic mass is 32.1. The van der Waals surface area contributed by atoms with Crippen molar-refractivity contribution in [3.8, 4) is 10.8 Å². The van der Waals surface area contributed by atoms with E-state index in [9.17, 15) is 14.3 Å². The van der Waals surface area contributed by atoms with Gasteiger partial charge in [-0.25, -0.2) is 4.39 Å². The van der Waals surface area contributed by atoms with Crippen LogP contribution in [0.25, 0.3) is 15.7 Å². The Morgan fingerprint density at radius 2 is 1.97 bits per heavy atom. The number of thiophene rings is 2. The van der Waals surface area contributed by atoms with Gasteiger partial charge in [0.25, 0.3) is 5.91 Å². The molecule has 0 spiro atoms. The molecule has 0 bridgehead atoms. The minimum Gasteiger partial charge on any atom is -0.499 e. The highest BCUT2D eigenvalue weighted by molar-refractivity contribution is 7.21. The molecule has 29 heavy (non-hydrogen) atoms. The predicted molar refractivity (Wildman–Crippen MR) is 115 cm³/mol. The third-order valence-electron chi connectivity index (χ3n) is 4.39. The lowest BCUT2D eigenvalue weighted by molar-refractivity contribution is 0.0970. The van der Waals surface area contributed by atoms with Gasteiger partial charge in [-0.15, -0.1) is 11.3 Å². The second-order valence-corrected chi connectivity index (χ2v) is 8.12. The Kier molecular flexibility index (Phi) is 5.33. The first-order valence-electron chi connectivity index (χ1n) is 8.68. The van der Waals surface area contributed by atoms with Crippen LogP contribution in [0.3, 0.4) is 0 Å². The maximum atomic E-state index is 14.1. The Balaban J connectivity index is 1.71. The molecule has 0 aliphatic rings. The molecule has 0 aliphatic carbocycles. The Labute approximate surface area is 174 Å². The topological polar surface area (TPSA) is 58.6 Å². The van der Waals surface area contributed by atoms with E-state index in [0.717, 1.165) is 27.4 Å². The van der Waals surface area contributed by atoms with E-state index in [1.165, 1.54) is 19.2 Å². The van der Waals surface area contributed by atoms with Gasteiger partial charge in [0, 0.05) is 32.8 Å². The van der Waals surface area contributed by atoms with Gasteiger partial charge in [-0.1, -0.05) is 47.7 Å². The number of amides is 1. The van der Waals surface area contributed by atoms with Crippen molar-refractivity contribution in [1.82, 2.24) is 5.32 Å². The molecule has 7 heteroatoms. The minimum atomic E-state index is -0.592. The summed E-state index contributed by atoms with van der Waals surface area (Å²) >= 11 is 2.56. The number of aromatic hydroxyl groups is 1. The van der Waals surface area contributed by atoms with Crippen LogP contribution in [0.15, 0.2) is 66.2 Å². The van der Waals surface area contributed by atoms with E-state index in [4.69, 9.17) is 4.74 Å². The fourth-order valence-corrected chi connectivity index (χ4v) is 4.73. The number of hydrogen-bond donors (Lipinski definition) is 2. The zero-order valence-electron chi connectivity index (χ0n) is 15.3. The average molecular weight is 426 g/mol. The van der Waals surface area contributed by atoms with E-state index < -0.39 is 11.7 Å². The molecule has 0 saturated carbocycles. The van der Waals surface area contributed by atoms with E-state index >= 15 is 0 Å². The molecule has 1 amide bonds. The molecule has 2 N–H and O–H groups in total. The van der Waals surface area contributed by atoms with Crippen LogP contribution in [0.1, 0.15) is 20.8 Å². The molecule has 0 fully saturated rings. The summed E-state index contributed by atoms with van der Waals surface area (Å²) < 4.78 is 19.7. The summed E-state index contributed by atoms with van der Waals surface area (Å²) in [5.41, 5.74) is 1.84. The number of methoxy groups -OCH3 is 1. The van der Waals surface area contributed by atoms with Crippen molar-refractivity contribution in [3.63, 3.8) is 0 Å².